The molecule has 0 radical (unpaired) electrons. The smallest absolute Gasteiger partial charge is 0.244 e. The summed E-state index contributed by atoms with van der Waals surface area (Å²) in [5.74, 6) is 0.691. The Bertz CT molecular complexity index is 813. The second kappa shape index (κ2) is 10.4. The summed E-state index contributed by atoms with van der Waals surface area (Å²) in [6.07, 6.45) is 3.37. The van der Waals surface area contributed by atoms with Crippen LogP contribution in [0.3, 0.4) is 0 Å². The Kier molecular flexibility index (Phi) is 7.69. The van der Waals surface area contributed by atoms with Crippen molar-refractivity contribution < 1.29 is 9.53 Å². The maximum absolute atomic E-state index is 12.6. The third-order valence-electron chi connectivity index (χ3n) is 5.17. The van der Waals surface area contributed by atoms with E-state index in [2.05, 4.69) is 22.2 Å². The normalized spacial score (nSPS) is 16.7. The van der Waals surface area contributed by atoms with Gasteiger partial charge in [0.1, 0.15) is 5.75 Å². The number of benzene rings is 2. The van der Waals surface area contributed by atoms with Crippen molar-refractivity contribution in [2.24, 2.45) is 0 Å². The van der Waals surface area contributed by atoms with Crippen LogP contribution in [-0.4, -0.2) is 62.6 Å². The van der Waals surface area contributed by atoms with Crippen molar-refractivity contribution in [1.29, 1.82) is 0 Å². The van der Waals surface area contributed by atoms with Gasteiger partial charge in [-0.3, -0.25) is 9.69 Å². The van der Waals surface area contributed by atoms with Gasteiger partial charge in [-0.05, 0) is 48.5 Å². The standard InChI is InChI=1S/C23H28ClN3O2/c1-26-13-15-27(16-14-26)17-22(19-6-10-21(29-2)11-7-19)25-23(28)12-5-18-3-8-20(24)9-4-18/h3-12,22H,13-17H2,1-2H3,(H,25,28)/b12-5-/t22-/m0/s1. The highest BCUT2D eigenvalue weighted by atomic mass is 35.5. The van der Waals surface area contributed by atoms with Crippen molar-refractivity contribution in [2.45, 2.75) is 6.04 Å². The molecule has 1 saturated heterocycles. The van der Waals surface area contributed by atoms with Gasteiger partial charge < -0.3 is 15.0 Å². The van der Waals surface area contributed by atoms with E-state index in [1.165, 1.54) is 0 Å². The number of carbonyl (C=O) groups excluding carboxylic acids is 1. The van der Waals surface area contributed by atoms with E-state index in [0.29, 0.717) is 5.02 Å². The number of nitrogens with zero attached hydrogens (tertiary/aromatic N) is 2. The molecule has 3 rings (SSSR count). The number of amides is 1. The van der Waals surface area contributed by atoms with Crippen LogP contribution in [0, 0.1) is 0 Å². The first kappa shape index (κ1) is 21.4. The summed E-state index contributed by atoms with van der Waals surface area (Å²) in [4.78, 5) is 17.3. The molecule has 6 heteroatoms. The van der Waals surface area contributed by atoms with E-state index in [4.69, 9.17) is 16.3 Å². The van der Waals surface area contributed by atoms with Gasteiger partial charge in [0.2, 0.25) is 5.91 Å². The van der Waals surface area contributed by atoms with E-state index in [0.717, 1.165) is 49.6 Å². The fraction of sp³-hybridized carbons (Fsp3) is 0.348. The fourth-order valence-corrected chi connectivity index (χ4v) is 3.45. The lowest BCUT2D eigenvalue weighted by molar-refractivity contribution is -0.117. The molecule has 0 bridgehead atoms. The minimum atomic E-state index is -0.116. The Labute approximate surface area is 177 Å². The van der Waals surface area contributed by atoms with Gasteiger partial charge in [0.15, 0.2) is 0 Å². The number of ether oxygens (including phenoxy) is 1. The van der Waals surface area contributed by atoms with Crippen LogP contribution in [0.15, 0.2) is 54.6 Å². The molecule has 0 saturated carbocycles. The topological polar surface area (TPSA) is 44.8 Å². The average Bonchev–Trinajstić information content (AvgIpc) is 2.74. The summed E-state index contributed by atoms with van der Waals surface area (Å²) in [6, 6.07) is 15.2. The van der Waals surface area contributed by atoms with Crippen molar-refractivity contribution >= 4 is 23.6 Å². The van der Waals surface area contributed by atoms with Gasteiger partial charge in [-0.15, -0.1) is 0 Å². The van der Waals surface area contributed by atoms with Gasteiger partial charge >= 0.3 is 0 Å². The van der Waals surface area contributed by atoms with E-state index < -0.39 is 0 Å². The second-order valence-electron chi connectivity index (χ2n) is 7.32. The van der Waals surface area contributed by atoms with Gasteiger partial charge in [0.25, 0.3) is 0 Å². The highest BCUT2D eigenvalue weighted by Crippen LogP contribution is 2.20. The van der Waals surface area contributed by atoms with Gasteiger partial charge in [-0.2, -0.15) is 0 Å². The van der Waals surface area contributed by atoms with E-state index in [-0.39, 0.29) is 11.9 Å². The third kappa shape index (κ3) is 6.60. The third-order valence-corrected chi connectivity index (χ3v) is 5.42. The quantitative estimate of drug-likeness (QED) is 0.706. The summed E-state index contributed by atoms with van der Waals surface area (Å²) in [7, 11) is 3.79. The summed E-state index contributed by atoms with van der Waals surface area (Å²) < 4.78 is 5.26. The molecule has 2 aromatic carbocycles. The molecule has 1 amide bonds. The molecule has 0 unspecified atom stereocenters. The molecule has 1 atom stereocenters. The zero-order chi connectivity index (χ0) is 20.6. The lowest BCUT2D eigenvalue weighted by Crippen LogP contribution is -2.47. The van der Waals surface area contributed by atoms with Crippen LogP contribution in [0.5, 0.6) is 5.75 Å². The predicted molar refractivity (Wildman–Crippen MR) is 118 cm³/mol. The first-order valence-electron chi connectivity index (χ1n) is 9.82. The largest absolute Gasteiger partial charge is 0.497 e. The number of rotatable bonds is 7. The first-order chi connectivity index (χ1) is 14.0. The van der Waals surface area contributed by atoms with Crippen LogP contribution in [0.2, 0.25) is 5.02 Å². The zero-order valence-electron chi connectivity index (χ0n) is 17.0. The van der Waals surface area contributed by atoms with Crippen LogP contribution >= 0.6 is 11.6 Å². The summed E-state index contributed by atoms with van der Waals surface area (Å²) in [5, 5.41) is 3.84. The molecule has 2 aromatic rings. The minimum Gasteiger partial charge on any atom is -0.497 e. The Morgan fingerprint density at radius 2 is 1.76 bits per heavy atom. The average molecular weight is 414 g/mol. The van der Waals surface area contributed by atoms with Gasteiger partial charge in [0, 0.05) is 43.8 Å². The van der Waals surface area contributed by atoms with Crippen LogP contribution < -0.4 is 10.1 Å². The van der Waals surface area contributed by atoms with Crippen molar-refractivity contribution in [2.75, 3.05) is 46.9 Å². The summed E-state index contributed by atoms with van der Waals surface area (Å²) in [5.41, 5.74) is 2.00. The maximum Gasteiger partial charge on any atom is 0.244 e. The molecule has 5 nitrogen and oxygen atoms in total. The fourth-order valence-electron chi connectivity index (χ4n) is 3.32. The number of nitrogens with one attached hydrogen (secondary N) is 1. The molecule has 1 aliphatic heterocycles. The van der Waals surface area contributed by atoms with E-state index >= 15 is 0 Å². The highest BCUT2D eigenvalue weighted by Gasteiger charge is 2.20. The van der Waals surface area contributed by atoms with Crippen molar-refractivity contribution in [3.63, 3.8) is 0 Å². The molecule has 1 N–H and O–H groups in total. The number of piperazine rings is 1. The predicted octanol–water partition coefficient (Wildman–Crippen LogP) is 3.47. The number of carbonyl (C=O) groups is 1. The molecule has 1 fully saturated rings. The van der Waals surface area contributed by atoms with Gasteiger partial charge in [-0.25, -0.2) is 0 Å². The number of hydrogen-bond donors (Lipinski definition) is 1. The molecule has 0 aromatic heterocycles. The van der Waals surface area contributed by atoms with Crippen LogP contribution in [0.25, 0.3) is 6.08 Å². The number of halogens is 1. The number of methoxy groups -OCH3 is 1. The van der Waals surface area contributed by atoms with E-state index in [9.17, 15) is 4.79 Å². The number of hydrogen-bond acceptors (Lipinski definition) is 4. The first-order valence-corrected chi connectivity index (χ1v) is 10.2. The highest BCUT2D eigenvalue weighted by molar-refractivity contribution is 6.30. The summed E-state index contributed by atoms with van der Waals surface area (Å²) >= 11 is 5.91. The van der Waals surface area contributed by atoms with Crippen LogP contribution in [0.4, 0.5) is 0 Å². The van der Waals surface area contributed by atoms with E-state index in [1.54, 1.807) is 19.3 Å². The summed E-state index contributed by atoms with van der Waals surface area (Å²) in [6.45, 7) is 4.86. The second-order valence-corrected chi connectivity index (χ2v) is 7.76. The van der Waals surface area contributed by atoms with Crippen LogP contribution in [0.1, 0.15) is 17.2 Å². The van der Waals surface area contributed by atoms with Crippen molar-refractivity contribution in [3.8, 4) is 5.75 Å². The van der Waals surface area contributed by atoms with Gasteiger partial charge in [-0.1, -0.05) is 35.9 Å². The lowest BCUT2D eigenvalue weighted by atomic mass is 10.1. The van der Waals surface area contributed by atoms with Gasteiger partial charge in [0.05, 0.1) is 13.2 Å². The van der Waals surface area contributed by atoms with Crippen LogP contribution in [-0.2, 0) is 4.79 Å². The maximum atomic E-state index is 12.6. The monoisotopic (exact) mass is 413 g/mol. The molecule has 1 heterocycles. The molecule has 154 valence electrons. The molecule has 29 heavy (non-hydrogen) atoms. The Morgan fingerprint density at radius 3 is 2.38 bits per heavy atom. The molecule has 0 aliphatic carbocycles. The Balaban J connectivity index is 1.69. The minimum absolute atomic E-state index is 0.0910. The molecular formula is C23H28ClN3O2. The number of likely N-dealkylation sites (N-methyl/N-ethyl adjacent to an activating group) is 1. The molecular weight excluding hydrogens is 386 g/mol. The molecule has 0 spiro atoms. The van der Waals surface area contributed by atoms with Crippen molar-refractivity contribution in [1.82, 2.24) is 15.1 Å². The molecule has 1 aliphatic rings. The van der Waals surface area contributed by atoms with Crippen molar-refractivity contribution in [3.05, 3.63) is 70.8 Å². The SMILES string of the molecule is COc1ccc([C@H](CN2CCN(C)CC2)NC(=O)/C=C\c2ccc(Cl)cc2)cc1. The Hall–Kier alpha value is -2.34. The Morgan fingerprint density at radius 1 is 1.10 bits per heavy atom. The zero-order valence-corrected chi connectivity index (χ0v) is 17.7. The lowest BCUT2D eigenvalue weighted by Gasteiger charge is -2.35. The van der Waals surface area contributed by atoms with E-state index in [1.807, 2.05) is 48.5 Å².